The van der Waals surface area contributed by atoms with Gasteiger partial charge in [-0.05, 0) is 52.7 Å². The highest BCUT2D eigenvalue weighted by Crippen LogP contribution is 2.27. The average molecular weight is 577 g/mol. The van der Waals surface area contributed by atoms with Gasteiger partial charge in [-0.2, -0.15) is 5.10 Å². The molecule has 1 atom stereocenters. The molecule has 4 heterocycles. The van der Waals surface area contributed by atoms with Gasteiger partial charge in [0.1, 0.15) is 28.7 Å². The monoisotopic (exact) mass is 576 g/mol. The van der Waals surface area contributed by atoms with E-state index in [1.54, 1.807) is 29.4 Å². The fourth-order valence-electron chi connectivity index (χ4n) is 4.51. The molecule has 1 fully saturated rings. The highest BCUT2D eigenvalue weighted by Gasteiger charge is 2.33. The molecular weight excluding hydrogens is 552 g/mol. The molecule has 1 aliphatic heterocycles. The zero-order chi connectivity index (χ0) is 26.8. The quantitative estimate of drug-likeness (QED) is 0.243. The Morgan fingerprint density at radius 3 is 2.63 bits per heavy atom. The van der Waals surface area contributed by atoms with Gasteiger partial charge in [0.15, 0.2) is 11.6 Å². The number of morpholine rings is 1. The molecule has 194 valence electrons. The highest BCUT2D eigenvalue weighted by atomic mass is 79.9. The van der Waals surface area contributed by atoms with Crippen molar-refractivity contribution in [2.75, 3.05) is 19.8 Å². The number of rotatable bonds is 7. The van der Waals surface area contributed by atoms with E-state index in [-0.39, 0.29) is 49.3 Å². The normalized spacial score (nSPS) is 15.6. The third kappa shape index (κ3) is 5.39. The number of aromatic nitrogens is 5. The molecule has 10 nitrogen and oxygen atoms in total. The Balaban J connectivity index is 1.40. The number of carbonyl (C=O) groups is 3. The predicted octanol–water partition coefficient (Wildman–Crippen LogP) is 3.20. The first-order valence-corrected chi connectivity index (χ1v) is 12.9. The number of hydrogen-bond donors (Lipinski definition) is 0. The van der Waals surface area contributed by atoms with Gasteiger partial charge in [0.25, 0.3) is 0 Å². The van der Waals surface area contributed by atoms with Gasteiger partial charge in [0.2, 0.25) is 5.91 Å². The molecular formula is C27H25BrN6O4. The fourth-order valence-corrected chi connectivity index (χ4v) is 4.89. The molecule has 0 radical (unpaired) electrons. The summed E-state index contributed by atoms with van der Waals surface area (Å²) in [6.07, 6.45) is 3.54. The minimum Gasteiger partial charge on any atom is -0.377 e. The summed E-state index contributed by atoms with van der Waals surface area (Å²) >= 11 is 3.32. The number of nitrogens with zero attached hydrogens (tertiary/aromatic N) is 6. The van der Waals surface area contributed by atoms with Crippen LogP contribution in [0.25, 0.3) is 22.0 Å². The van der Waals surface area contributed by atoms with Crippen molar-refractivity contribution in [3.8, 4) is 11.1 Å². The predicted molar refractivity (Wildman–Crippen MR) is 142 cm³/mol. The minimum absolute atomic E-state index is 0.0853. The van der Waals surface area contributed by atoms with Gasteiger partial charge in [-0.25, -0.2) is 15.0 Å². The van der Waals surface area contributed by atoms with E-state index in [2.05, 4.69) is 36.0 Å². The van der Waals surface area contributed by atoms with E-state index < -0.39 is 6.04 Å². The molecule has 5 rings (SSSR count). The maximum Gasteiger partial charge on any atom is 0.245 e. The van der Waals surface area contributed by atoms with Crippen molar-refractivity contribution < 1.29 is 19.1 Å². The van der Waals surface area contributed by atoms with Crippen LogP contribution < -0.4 is 0 Å². The van der Waals surface area contributed by atoms with Crippen molar-refractivity contribution in [3.05, 3.63) is 70.6 Å². The molecule has 3 aromatic heterocycles. The van der Waals surface area contributed by atoms with Gasteiger partial charge in [0, 0.05) is 42.5 Å². The molecule has 0 N–H and O–H groups in total. The molecule has 0 bridgehead atoms. The second-order valence-electron chi connectivity index (χ2n) is 9.09. The SMILES string of the molecule is CC(=O)c1nn(CC(=O)N2CCOC[C@H]2C(=O)Cc2cccc(Br)n2)c2ccc(-c3cnc(C)nc3)cc12. The highest BCUT2D eigenvalue weighted by molar-refractivity contribution is 9.10. The summed E-state index contributed by atoms with van der Waals surface area (Å²) in [5.74, 6) is 0.0329. The summed E-state index contributed by atoms with van der Waals surface area (Å²) in [4.78, 5) is 53.4. The van der Waals surface area contributed by atoms with E-state index in [0.29, 0.717) is 33.6 Å². The zero-order valence-electron chi connectivity index (χ0n) is 20.9. The van der Waals surface area contributed by atoms with Gasteiger partial charge in [-0.15, -0.1) is 0 Å². The average Bonchev–Trinajstić information content (AvgIpc) is 3.27. The number of benzene rings is 1. The largest absolute Gasteiger partial charge is 0.377 e. The van der Waals surface area contributed by atoms with Crippen LogP contribution in [0.1, 0.15) is 28.9 Å². The Morgan fingerprint density at radius 1 is 1.11 bits per heavy atom. The lowest BCUT2D eigenvalue weighted by atomic mass is 10.0. The van der Waals surface area contributed by atoms with Crippen molar-refractivity contribution in [3.63, 3.8) is 0 Å². The van der Waals surface area contributed by atoms with Crippen molar-refractivity contribution >= 4 is 44.3 Å². The molecule has 0 spiro atoms. The lowest BCUT2D eigenvalue weighted by molar-refractivity contribution is -0.147. The van der Waals surface area contributed by atoms with Crippen LogP contribution in [0.5, 0.6) is 0 Å². The summed E-state index contributed by atoms with van der Waals surface area (Å²) < 4.78 is 7.71. The molecule has 38 heavy (non-hydrogen) atoms. The van der Waals surface area contributed by atoms with E-state index in [4.69, 9.17) is 4.74 Å². The standard InChI is InChI=1S/C27H25BrN6O4/c1-16(35)27-21-10-18(19-12-29-17(2)30-13-19)6-7-22(21)34(32-27)14-26(37)33-8-9-38-15-23(33)24(36)11-20-4-3-5-25(28)31-20/h3-7,10,12-13,23H,8-9,11,14-15H2,1-2H3/t23-/m0/s1. The van der Waals surface area contributed by atoms with Crippen LogP contribution in [0.15, 0.2) is 53.4 Å². The van der Waals surface area contributed by atoms with Crippen LogP contribution in [-0.2, 0) is 27.3 Å². The zero-order valence-corrected chi connectivity index (χ0v) is 22.5. The van der Waals surface area contributed by atoms with Gasteiger partial charge >= 0.3 is 0 Å². The first-order valence-electron chi connectivity index (χ1n) is 12.1. The van der Waals surface area contributed by atoms with Gasteiger partial charge in [0.05, 0.1) is 25.2 Å². The first kappa shape index (κ1) is 25.8. The number of hydrogen-bond acceptors (Lipinski definition) is 8. The Morgan fingerprint density at radius 2 is 1.89 bits per heavy atom. The van der Waals surface area contributed by atoms with Crippen LogP contribution in [0.3, 0.4) is 0 Å². The second kappa shape index (κ2) is 10.9. The number of halogens is 1. The van der Waals surface area contributed by atoms with Crippen molar-refractivity contribution in [1.82, 2.24) is 29.6 Å². The Labute approximate surface area is 227 Å². The molecule has 1 amide bonds. The summed E-state index contributed by atoms with van der Waals surface area (Å²) in [6, 6.07) is 10.2. The topological polar surface area (TPSA) is 120 Å². The molecule has 4 aromatic rings. The van der Waals surface area contributed by atoms with Gasteiger partial charge < -0.3 is 9.64 Å². The third-order valence-corrected chi connectivity index (χ3v) is 6.87. The number of ether oxygens (including phenoxy) is 1. The van der Waals surface area contributed by atoms with Crippen LogP contribution in [-0.4, -0.2) is 72.9 Å². The van der Waals surface area contributed by atoms with Crippen LogP contribution in [0, 0.1) is 6.92 Å². The van der Waals surface area contributed by atoms with Crippen molar-refractivity contribution in [2.24, 2.45) is 0 Å². The summed E-state index contributed by atoms with van der Waals surface area (Å²) in [5, 5.41) is 5.11. The van der Waals surface area contributed by atoms with Crippen molar-refractivity contribution in [2.45, 2.75) is 32.9 Å². The van der Waals surface area contributed by atoms with E-state index in [9.17, 15) is 14.4 Å². The van der Waals surface area contributed by atoms with Crippen LogP contribution >= 0.6 is 15.9 Å². The van der Waals surface area contributed by atoms with E-state index in [1.807, 2.05) is 31.2 Å². The number of ketones is 2. The number of pyridine rings is 1. The number of amides is 1. The molecule has 1 aromatic carbocycles. The summed E-state index contributed by atoms with van der Waals surface area (Å²) in [5.41, 5.74) is 3.19. The Kier molecular flexibility index (Phi) is 7.39. The minimum atomic E-state index is -0.723. The van der Waals surface area contributed by atoms with Crippen molar-refractivity contribution in [1.29, 1.82) is 0 Å². The van der Waals surface area contributed by atoms with Gasteiger partial charge in [-0.3, -0.25) is 19.1 Å². The molecule has 1 saturated heterocycles. The Hall–Kier alpha value is -3.83. The second-order valence-corrected chi connectivity index (χ2v) is 9.90. The van der Waals surface area contributed by atoms with E-state index in [0.717, 1.165) is 11.1 Å². The van der Waals surface area contributed by atoms with E-state index in [1.165, 1.54) is 11.6 Å². The van der Waals surface area contributed by atoms with E-state index >= 15 is 0 Å². The smallest absolute Gasteiger partial charge is 0.245 e. The molecule has 11 heteroatoms. The lowest BCUT2D eigenvalue weighted by Gasteiger charge is -2.34. The molecule has 0 unspecified atom stereocenters. The number of carbonyl (C=O) groups excluding carboxylic acids is 3. The molecule has 0 aliphatic carbocycles. The van der Waals surface area contributed by atoms with Crippen LogP contribution in [0.4, 0.5) is 0 Å². The first-order chi connectivity index (χ1) is 18.3. The summed E-state index contributed by atoms with van der Waals surface area (Å²) in [7, 11) is 0. The summed E-state index contributed by atoms with van der Waals surface area (Å²) in [6.45, 7) is 3.89. The maximum absolute atomic E-state index is 13.5. The van der Waals surface area contributed by atoms with Gasteiger partial charge in [-0.1, -0.05) is 12.1 Å². The fraction of sp³-hybridized carbons (Fsp3) is 0.296. The number of aryl methyl sites for hydroxylation is 1. The Bertz CT molecular complexity index is 1530. The number of fused-ring (bicyclic) bond motifs is 1. The molecule has 1 aliphatic rings. The third-order valence-electron chi connectivity index (χ3n) is 6.43. The maximum atomic E-state index is 13.5. The van der Waals surface area contributed by atoms with Crippen LogP contribution in [0.2, 0.25) is 0 Å². The number of Topliss-reactive ketones (excluding diaryl/α,β-unsaturated/α-hetero) is 2. The molecule has 0 saturated carbocycles. The lowest BCUT2D eigenvalue weighted by Crippen LogP contribution is -2.54.